The highest BCUT2D eigenvalue weighted by Crippen LogP contribution is 2.32. The number of nitrogens with zero attached hydrogens (tertiary/aromatic N) is 3. The zero-order valence-electron chi connectivity index (χ0n) is 15.1. The number of thiophene rings is 1. The smallest absolute Gasteiger partial charge is 0.327 e. The van der Waals surface area contributed by atoms with Crippen LogP contribution in [0.4, 0.5) is 4.79 Å². The van der Waals surface area contributed by atoms with Gasteiger partial charge in [0.15, 0.2) is 0 Å². The first-order valence-corrected chi connectivity index (χ1v) is 9.95. The Morgan fingerprint density at radius 2 is 2.07 bits per heavy atom. The molecule has 2 saturated heterocycles. The summed E-state index contributed by atoms with van der Waals surface area (Å²) in [4.78, 5) is 54.4. The van der Waals surface area contributed by atoms with E-state index < -0.39 is 12.0 Å². The number of carbonyl (C=O) groups is 4. The van der Waals surface area contributed by atoms with Crippen molar-refractivity contribution in [3.8, 4) is 0 Å². The molecule has 0 radical (unpaired) electrons. The number of carboxylic acid groups (broad SMARTS) is 1. The molecular formula is C18H22N3O5S-. The molecule has 0 aromatic carbocycles. The van der Waals surface area contributed by atoms with Crippen molar-refractivity contribution in [3.05, 3.63) is 22.4 Å². The van der Waals surface area contributed by atoms with Crippen LogP contribution in [-0.4, -0.2) is 63.7 Å². The van der Waals surface area contributed by atoms with Crippen molar-refractivity contribution in [2.75, 3.05) is 13.1 Å². The lowest BCUT2D eigenvalue weighted by molar-refractivity contribution is -0.305. The summed E-state index contributed by atoms with van der Waals surface area (Å²) in [6, 6.07) is 2.40. The molecule has 146 valence electrons. The van der Waals surface area contributed by atoms with Crippen LogP contribution < -0.4 is 5.11 Å². The zero-order valence-corrected chi connectivity index (χ0v) is 15.9. The fourth-order valence-electron chi connectivity index (χ4n) is 3.77. The van der Waals surface area contributed by atoms with Gasteiger partial charge in [-0.05, 0) is 30.7 Å². The molecule has 2 aliphatic heterocycles. The van der Waals surface area contributed by atoms with Crippen LogP contribution >= 0.6 is 11.3 Å². The predicted molar refractivity (Wildman–Crippen MR) is 95.4 cm³/mol. The minimum Gasteiger partial charge on any atom is -0.550 e. The van der Waals surface area contributed by atoms with Crippen LogP contribution in [0.1, 0.15) is 37.5 Å². The number of likely N-dealkylation sites (tertiary alicyclic amines) is 1. The molecule has 27 heavy (non-hydrogen) atoms. The monoisotopic (exact) mass is 392 g/mol. The Bertz CT molecular complexity index is 735. The summed E-state index contributed by atoms with van der Waals surface area (Å²) < 4.78 is 0. The normalized spacial score (nSPS) is 22.3. The average molecular weight is 392 g/mol. The second-order valence-corrected chi connectivity index (χ2v) is 7.77. The fourth-order valence-corrected chi connectivity index (χ4v) is 4.47. The third kappa shape index (κ3) is 3.83. The SMILES string of the molecule is CCCN1C(=O)[C@@H]2[C@@H](CCN2C(=O)CCC(=O)[O-])N(Cc2cccs2)C1=O. The van der Waals surface area contributed by atoms with Crippen LogP contribution in [0.25, 0.3) is 0 Å². The summed E-state index contributed by atoms with van der Waals surface area (Å²) in [7, 11) is 0. The quantitative estimate of drug-likeness (QED) is 0.669. The number of aliphatic carboxylic acids is 1. The number of fused-ring (bicyclic) bond motifs is 1. The van der Waals surface area contributed by atoms with Gasteiger partial charge in [0, 0.05) is 30.4 Å². The molecule has 2 fully saturated rings. The van der Waals surface area contributed by atoms with Crippen molar-refractivity contribution < 1.29 is 24.3 Å². The van der Waals surface area contributed by atoms with Gasteiger partial charge in [0.25, 0.3) is 5.91 Å². The Kier molecular flexibility index (Phi) is 5.79. The molecule has 4 amide bonds. The molecule has 0 unspecified atom stereocenters. The van der Waals surface area contributed by atoms with E-state index in [1.165, 1.54) is 21.1 Å². The number of carbonyl (C=O) groups excluding carboxylic acids is 4. The van der Waals surface area contributed by atoms with Crippen molar-refractivity contribution in [1.82, 2.24) is 14.7 Å². The number of rotatable bonds is 7. The van der Waals surface area contributed by atoms with Crippen LogP contribution in [-0.2, 0) is 20.9 Å². The third-order valence-corrected chi connectivity index (χ3v) is 5.84. The molecule has 3 heterocycles. The fraction of sp³-hybridized carbons (Fsp3) is 0.556. The third-order valence-electron chi connectivity index (χ3n) is 4.98. The van der Waals surface area contributed by atoms with Crippen molar-refractivity contribution in [2.24, 2.45) is 0 Å². The molecule has 0 bridgehead atoms. The zero-order chi connectivity index (χ0) is 19.6. The Morgan fingerprint density at radius 1 is 1.30 bits per heavy atom. The summed E-state index contributed by atoms with van der Waals surface area (Å²) in [5.74, 6) is -2.05. The van der Waals surface area contributed by atoms with E-state index in [1.54, 1.807) is 4.90 Å². The van der Waals surface area contributed by atoms with Gasteiger partial charge in [0.05, 0.1) is 12.6 Å². The van der Waals surface area contributed by atoms with Crippen LogP contribution in [0.15, 0.2) is 17.5 Å². The average Bonchev–Trinajstić information content (AvgIpc) is 3.29. The molecule has 0 N–H and O–H groups in total. The van der Waals surface area contributed by atoms with Crippen molar-refractivity contribution in [3.63, 3.8) is 0 Å². The minimum absolute atomic E-state index is 0.203. The molecule has 8 nitrogen and oxygen atoms in total. The second-order valence-electron chi connectivity index (χ2n) is 6.74. The van der Waals surface area contributed by atoms with Crippen LogP contribution in [0, 0.1) is 0 Å². The highest BCUT2D eigenvalue weighted by Gasteiger charge is 2.52. The van der Waals surface area contributed by atoms with E-state index in [9.17, 15) is 24.3 Å². The maximum Gasteiger partial charge on any atom is 0.327 e. The number of urea groups is 1. The first-order chi connectivity index (χ1) is 12.9. The Balaban J connectivity index is 1.85. The lowest BCUT2D eigenvalue weighted by Crippen LogP contribution is -2.65. The van der Waals surface area contributed by atoms with Gasteiger partial charge in [0.2, 0.25) is 5.91 Å². The number of hydrogen-bond acceptors (Lipinski definition) is 6. The number of amides is 4. The van der Waals surface area contributed by atoms with E-state index in [2.05, 4.69) is 0 Å². The molecule has 0 aliphatic carbocycles. The van der Waals surface area contributed by atoms with Gasteiger partial charge in [-0.25, -0.2) is 4.79 Å². The highest BCUT2D eigenvalue weighted by molar-refractivity contribution is 7.09. The van der Waals surface area contributed by atoms with E-state index in [0.29, 0.717) is 32.5 Å². The molecule has 2 aliphatic rings. The Labute approximate surface area is 161 Å². The lowest BCUT2D eigenvalue weighted by atomic mass is 10.0. The Morgan fingerprint density at radius 3 is 2.70 bits per heavy atom. The Hall–Kier alpha value is -2.42. The molecule has 0 spiro atoms. The van der Waals surface area contributed by atoms with E-state index in [0.717, 1.165) is 4.88 Å². The first-order valence-electron chi connectivity index (χ1n) is 9.07. The largest absolute Gasteiger partial charge is 0.550 e. The highest BCUT2D eigenvalue weighted by atomic mass is 32.1. The molecule has 9 heteroatoms. The first kappa shape index (κ1) is 19.3. The standard InChI is InChI=1S/C18H23N3O5S/c1-2-8-20-17(25)16-13(7-9-19(16)14(22)5-6-15(23)24)21(18(20)26)11-12-4-3-10-27-12/h3-4,10,13,16H,2,5-9,11H2,1H3,(H,23,24)/p-1/t13-,16+/m1/s1. The summed E-state index contributed by atoms with van der Waals surface area (Å²) >= 11 is 1.54. The van der Waals surface area contributed by atoms with Crippen LogP contribution in [0.3, 0.4) is 0 Å². The molecule has 0 saturated carbocycles. The van der Waals surface area contributed by atoms with E-state index >= 15 is 0 Å². The van der Waals surface area contributed by atoms with Gasteiger partial charge in [0.1, 0.15) is 6.04 Å². The number of carboxylic acids is 1. The van der Waals surface area contributed by atoms with Gasteiger partial charge in [-0.1, -0.05) is 13.0 Å². The van der Waals surface area contributed by atoms with E-state index in [1.807, 2.05) is 24.4 Å². The van der Waals surface area contributed by atoms with Gasteiger partial charge in [-0.2, -0.15) is 0 Å². The lowest BCUT2D eigenvalue weighted by Gasteiger charge is -2.43. The number of imide groups is 1. The number of hydrogen-bond donors (Lipinski definition) is 0. The summed E-state index contributed by atoms with van der Waals surface area (Å²) in [5, 5.41) is 12.6. The molecule has 3 rings (SSSR count). The van der Waals surface area contributed by atoms with Gasteiger partial charge >= 0.3 is 6.03 Å². The molecular weight excluding hydrogens is 370 g/mol. The summed E-state index contributed by atoms with van der Waals surface area (Å²) in [6.07, 6.45) is 0.549. The van der Waals surface area contributed by atoms with E-state index in [4.69, 9.17) is 0 Å². The van der Waals surface area contributed by atoms with Gasteiger partial charge in [-0.3, -0.25) is 14.5 Å². The van der Waals surface area contributed by atoms with Crippen LogP contribution in [0.5, 0.6) is 0 Å². The van der Waals surface area contributed by atoms with Gasteiger partial charge in [-0.15, -0.1) is 11.3 Å². The topological polar surface area (TPSA) is 101 Å². The minimum atomic E-state index is -1.30. The maximum absolute atomic E-state index is 13.0. The second kappa shape index (κ2) is 8.08. The molecule has 1 aromatic rings. The maximum atomic E-state index is 13.0. The summed E-state index contributed by atoms with van der Waals surface area (Å²) in [5.41, 5.74) is 0. The van der Waals surface area contributed by atoms with Crippen molar-refractivity contribution in [2.45, 2.75) is 51.2 Å². The summed E-state index contributed by atoms with van der Waals surface area (Å²) in [6.45, 7) is 2.91. The molecule has 2 atom stereocenters. The van der Waals surface area contributed by atoms with Gasteiger partial charge < -0.3 is 19.7 Å². The van der Waals surface area contributed by atoms with E-state index in [-0.39, 0.29) is 36.7 Å². The van der Waals surface area contributed by atoms with Crippen molar-refractivity contribution in [1.29, 1.82) is 0 Å². The predicted octanol–water partition coefficient (Wildman–Crippen LogP) is 0.422. The molecule has 1 aromatic heterocycles. The van der Waals surface area contributed by atoms with Crippen LogP contribution in [0.2, 0.25) is 0 Å². The van der Waals surface area contributed by atoms with Crippen molar-refractivity contribution >= 4 is 35.2 Å².